The number of rotatable bonds is 2. The van der Waals surface area contributed by atoms with Crippen molar-refractivity contribution in [3.05, 3.63) is 144 Å². The van der Waals surface area contributed by atoms with E-state index in [4.69, 9.17) is 0 Å². The summed E-state index contributed by atoms with van der Waals surface area (Å²) in [4.78, 5) is 0. The summed E-state index contributed by atoms with van der Waals surface area (Å²) in [6.07, 6.45) is 24.3. The zero-order valence-electron chi connectivity index (χ0n) is 20.8. The third-order valence-electron chi connectivity index (χ3n) is 8.82. The molecule has 0 saturated heterocycles. The summed E-state index contributed by atoms with van der Waals surface area (Å²) >= 11 is 0. The van der Waals surface area contributed by atoms with Crippen LogP contribution in [0.5, 0.6) is 0 Å². The lowest BCUT2D eigenvalue weighted by atomic mass is 9.67. The van der Waals surface area contributed by atoms with Gasteiger partial charge in [-0.15, -0.1) is 0 Å². The first-order chi connectivity index (χ1) is 18.4. The third-order valence-corrected chi connectivity index (χ3v) is 8.82. The molecule has 8 rings (SSSR count). The summed E-state index contributed by atoms with van der Waals surface area (Å²) in [5, 5.41) is 2.65. The van der Waals surface area contributed by atoms with Crippen LogP contribution in [0, 0.1) is 5.92 Å². The number of nitrogens with zero attached hydrogens (tertiary/aromatic N) is 1. The Labute approximate surface area is 218 Å². The predicted octanol–water partition coefficient (Wildman–Crippen LogP) is 9.32. The van der Waals surface area contributed by atoms with E-state index in [2.05, 4.69) is 126 Å². The Morgan fingerprint density at radius 1 is 0.730 bits per heavy atom. The molecule has 4 aromatic rings. The fraction of sp³-hybridized carbons (Fsp3) is 0.167. The van der Waals surface area contributed by atoms with Crippen molar-refractivity contribution in [3.8, 4) is 0 Å². The van der Waals surface area contributed by atoms with Crippen LogP contribution < -0.4 is 0 Å². The second-order valence-electron chi connectivity index (χ2n) is 10.8. The molecule has 4 aliphatic rings. The Balaban J connectivity index is 1.21. The van der Waals surface area contributed by atoms with Gasteiger partial charge in [0.2, 0.25) is 0 Å². The Hall–Kier alpha value is -4.10. The van der Waals surface area contributed by atoms with Crippen molar-refractivity contribution in [2.75, 3.05) is 0 Å². The van der Waals surface area contributed by atoms with Gasteiger partial charge in [-0.2, -0.15) is 0 Å². The highest BCUT2D eigenvalue weighted by Crippen LogP contribution is 2.49. The molecule has 0 saturated carbocycles. The molecule has 0 N–H and O–H groups in total. The normalized spacial score (nSPS) is 23.8. The van der Waals surface area contributed by atoms with Crippen LogP contribution in [0.25, 0.3) is 33.1 Å². The highest BCUT2D eigenvalue weighted by molar-refractivity contribution is 6.10. The Morgan fingerprint density at radius 3 is 2.30 bits per heavy atom. The lowest BCUT2D eigenvalue weighted by Gasteiger charge is -2.36. The quantitative estimate of drug-likeness (QED) is 0.272. The highest BCUT2D eigenvalue weighted by Gasteiger charge is 2.33. The van der Waals surface area contributed by atoms with Gasteiger partial charge in [0.25, 0.3) is 0 Å². The van der Waals surface area contributed by atoms with E-state index in [0.29, 0.717) is 17.8 Å². The van der Waals surface area contributed by atoms with E-state index in [1.165, 1.54) is 49.8 Å². The number of para-hydroxylation sites is 2. The van der Waals surface area contributed by atoms with Crippen LogP contribution in [0.1, 0.15) is 47.8 Å². The van der Waals surface area contributed by atoms with E-state index in [1.807, 2.05) is 0 Å². The smallest absolute Gasteiger partial charge is 0.0537 e. The predicted molar refractivity (Wildman–Crippen MR) is 156 cm³/mol. The van der Waals surface area contributed by atoms with Crippen molar-refractivity contribution in [1.29, 1.82) is 0 Å². The van der Waals surface area contributed by atoms with Gasteiger partial charge < -0.3 is 4.57 Å². The largest absolute Gasteiger partial charge is 0.313 e. The number of allylic oxidation sites excluding steroid dienone is 12. The van der Waals surface area contributed by atoms with Gasteiger partial charge >= 0.3 is 0 Å². The van der Waals surface area contributed by atoms with E-state index in [0.717, 1.165) is 19.3 Å². The maximum Gasteiger partial charge on any atom is 0.0537 e. The van der Waals surface area contributed by atoms with Crippen LogP contribution in [-0.4, -0.2) is 4.57 Å². The molecule has 0 radical (unpaired) electrons. The minimum absolute atomic E-state index is 0.368. The van der Waals surface area contributed by atoms with Crippen molar-refractivity contribution in [2.45, 2.75) is 31.1 Å². The molecule has 1 heterocycles. The molecule has 37 heavy (non-hydrogen) atoms. The lowest BCUT2D eigenvalue weighted by molar-refractivity contribution is 0.654. The molecule has 1 heteroatoms. The summed E-state index contributed by atoms with van der Waals surface area (Å²) in [5.41, 5.74) is 11.5. The zero-order valence-corrected chi connectivity index (χ0v) is 20.8. The molecule has 3 atom stereocenters. The molecule has 0 aliphatic heterocycles. The van der Waals surface area contributed by atoms with Gasteiger partial charge in [-0.25, -0.2) is 0 Å². The zero-order chi connectivity index (χ0) is 24.3. The van der Waals surface area contributed by atoms with E-state index in [1.54, 1.807) is 5.57 Å². The van der Waals surface area contributed by atoms with Gasteiger partial charge in [-0.3, -0.25) is 0 Å². The standard InChI is InChI=1S/C36H29N/c1-2-14-29-27(12-1)28-13-3-4-15-30(28)34-23-25(20-21-31(29)34)24-10-9-11-26(22-24)37-35-18-7-5-16-32(35)33-17-6-8-19-36(33)37/h1-3,5-14,16-21,23-24,27,29H,4,15,22H2. The molecule has 0 fully saturated rings. The van der Waals surface area contributed by atoms with Crippen LogP contribution in [-0.2, 0) is 0 Å². The van der Waals surface area contributed by atoms with E-state index in [-0.39, 0.29) is 0 Å². The van der Waals surface area contributed by atoms with Crippen LogP contribution in [0.15, 0.2) is 127 Å². The average molecular weight is 476 g/mol. The molecule has 1 nitrogen and oxygen atoms in total. The number of hydrogen-bond acceptors (Lipinski definition) is 0. The van der Waals surface area contributed by atoms with Crippen LogP contribution in [0.2, 0.25) is 0 Å². The molecular formula is C36H29N. The van der Waals surface area contributed by atoms with E-state index < -0.39 is 0 Å². The minimum atomic E-state index is 0.368. The maximum absolute atomic E-state index is 2.52. The first-order valence-corrected chi connectivity index (χ1v) is 13.6. The van der Waals surface area contributed by atoms with E-state index in [9.17, 15) is 0 Å². The Kier molecular flexibility index (Phi) is 4.67. The fourth-order valence-electron chi connectivity index (χ4n) is 7.13. The molecule has 0 bridgehead atoms. The van der Waals surface area contributed by atoms with Gasteiger partial charge in [0, 0.05) is 34.2 Å². The second-order valence-corrected chi connectivity index (χ2v) is 10.8. The molecule has 3 aromatic carbocycles. The Bertz CT molecular complexity index is 1710. The van der Waals surface area contributed by atoms with Gasteiger partial charge in [-0.05, 0) is 65.3 Å². The third kappa shape index (κ3) is 3.17. The maximum atomic E-state index is 2.52. The van der Waals surface area contributed by atoms with Crippen molar-refractivity contribution < 1.29 is 0 Å². The molecule has 1 aromatic heterocycles. The lowest BCUT2D eigenvalue weighted by Crippen LogP contribution is -2.21. The molecule has 0 spiro atoms. The molecular weight excluding hydrogens is 446 g/mol. The monoisotopic (exact) mass is 475 g/mol. The SMILES string of the molecule is C1=CC(c2ccc3c(c2)C2=C(C=CCC2)C2C=CC=CC32)CC(n2c3ccccc3c3ccccc32)=C1. The second kappa shape index (κ2) is 8.21. The highest BCUT2D eigenvalue weighted by atomic mass is 15.0. The summed E-state index contributed by atoms with van der Waals surface area (Å²) in [6, 6.07) is 25.0. The topological polar surface area (TPSA) is 4.93 Å². The van der Waals surface area contributed by atoms with Gasteiger partial charge in [0.1, 0.15) is 0 Å². The van der Waals surface area contributed by atoms with Crippen molar-refractivity contribution in [1.82, 2.24) is 4.57 Å². The number of aromatic nitrogens is 1. The van der Waals surface area contributed by atoms with Gasteiger partial charge in [-0.1, -0.05) is 103 Å². The van der Waals surface area contributed by atoms with Crippen molar-refractivity contribution in [2.24, 2.45) is 5.92 Å². The number of fused-ring (bicyclic) bond motifs is 8. The summed E-state index contributed by atoms with van der Waals surface area (Å²) in [7, 11) is 0. The van der Waals surface area contributed by atoms with Crippen LogP contribution in [0.3, 0.4) is 0 Å². The summed E-state index contributed by atoms with van der Waals surface area (Å²) in [5.74, 6) is 1.30. The summed E-state index contributed by atoms with van der Waals surface area (Å²) in [6.45, 7) is 0. The number of benzene rings is 3. The minimum Gasteiger partial charge on any atom is -0.313 e. The van der Waals surface area contributed by atoms with Crippen molar-refractivity contribution >= 4 is 33.1 Å². The number of hydrogen-bond donors (Lipinski definition) is 0. The fourth-order valence-corrected chi connectivity index (χ4v) is 7.13. The van der Waals surface area contributed by atoms with Gasteiger partial charge in [0.15, 0.2) is 0 Å². The van der Waals surface area contributed by atoms with Crippen LogP contribution in [0.4, 0.5) is 0 Å². The summed E-state index contributed by atoms with van der Waals surface area (Å²) < 4.78 is 2.48. The first-order valence-electron chi connectivity index (χ1n) is 13.6. The molecule has 4 aliphatic carbocycles. The first kappa shape index (κ1) is 21.0. The Morgan fingerprint density at radius 2 is 1.49 bits per heavy atom. The van der Waals surface area contributed by atoms with E-state index >= 15 is 0 Å². The van der Waals surface area contributed by atoms with Gasteiger partial charge in [0.05, 0.1) is 11.0 Å². The van der Waals surface area contributed by atoms with Crippen molar-refractivity contribution in [3.63, 3.8) is 0 Å². The molecule has 0 amide bonds. The molecule has 3 unspecified atom stereocenters. The average Bonchev–Trinajstić information content (AvgIpc) is 3.32. The molecule has 178 valence electrons. The van der Waals surface area contributed by atoms with Crippen LogP contribution >= 0.6 is 0 Å².